The van der Waals surface area contributed by atoms with Gasteiger partial charge in [-0.2, -0.15) is 10.4 Å². The molecule has 9 nitrogen and oxygen atoms in total. The first kappa shape index (κ1) is 23.1. The highest BCUT2D eigenvalue weighted by Gasteiger charge is 2.25. The topological polar surface area (TPSA) is 123 Å². The molecular formula is C20H18BrF2N7O2. The van der Waals surface area contributed by atoms with Crippen LogP contribution < -0.4 is 10.5 Å². The van der Waals surface area contributed by atoms with Crippen LogP contribution in [-0.2, 0) is 13.6 Å². The van der Waals surface area contributed by atoms with Gasteiger partial charge in [0.05, 0.1) is 18.4 Å². The fraction of sp³-hybridized carbons (Fsp3) is 0.250. The Hall–Kier alpha value is -3.59. The number of halogens is 3. The second kappa shape index (κ2) is 9.69. The number of benzene rings is 1. The Morgan fingerprint density at radius 1 is 1.44 bits per heavy atom. The summed E-state index contributed by atoms with van der Waals surface area (Å²) >= 11 is 3.12. The summed E-state index contributed by atoms with van der Waals surface area (Å²) < 4.78 is 35.2. The second-order valence-electron chi connectivity index (χ2n) is 6.79. The van der Waals surface area contributed by atoms with Gasteiger partial charge < -0.3 is 15.4 Å². The zero-order chi connectivity index (χ0) is 23.4. The molecule has 0 radical (unpaired) electrons. The number of hydrogen-bond acceptors (Lipinski definition) is 7. The number of nitriles is 1. The fourth-order valence-electron chi connectivity index (χ4n) is 2.98. The highest BCUT2D eigenvalue weighted by Crippen LogP contribution is 2.29. The monoisotopic (exact) mass is 505 g/mol. The van der Waals surface area contributed by atoms with E-state index in [0.717, 1.165) is 12.1 Å². The van der Waals surface area contributed by atoms with E-state index < -0.39 is 24.5 Å². The number of aromatic nitrogens is 4. The minimum Gasteiger partial charge on any atom is -0.464 e. The van der Waals surface area contributed by atoms with Crippen molar-refractivity contribution >= 4 is 27.7 Å². The number of amides is 1. The van der Waals surface area contributed by atoms with Crippen LogP contribution in [0.15, 0.2) is 35.1 Å². The third-order valence-corrected chi connectivity index (χ3v) is 4.90. The highest BCUT2D eigenvalue weighted by molar-refractivity contribution is 9.10. The highest BCUT2D eigenvalue weighted by atomic mass is 79.9. The molecule has 2 N–H and O–H groups in total. The number of ether oxygens (including phenoxy) is 1. The molecule has 32 heavy (non-hydrogen) atoms. The summed E-state index contributed by atoms with van der Waals surface area (Å²) in [6, 6.07) is 6.93. The van der Waals surface area contributed by atoms with E-state index in [4.69, 9.17) is 15.7 Å². The molecule has 0 saturated carbocycles. The van der Waals surface area contributed by atoms with Crippen LogP contribution in [0.4, 0.5) is 14.6 Å². The van der Waals surface area contributed by atoms with Gasteiger partial charge >= 0.3 is 0 Å². The Morgan fingerprint density at radius 2 is 2.19 bits per heavy atom. The maximum absolute atomic E-state index is 14.0. The molecule has 0 saturated heterocycles. The summed E-state index contributed by atoms with van der Waals surface area (Å²) in [6.07, 6.45) is -0.0161. The zero-order valence-corrected chi connectivity index (χ0v) is 18.7. The minimum atomic E-state index is -1.36. The molecule has 1 atom stereocenters. The van der Waals surface area contributed by atoms with Gasteiger partial charge in [-0.05, 0) is 40.2 Å². The molecule has 0 aliphatic heterocycles. The summed E-state index contributed by atoms with van der Waals surface area (Å²) in [7, 11) is 3.13. The number of carbonyl (C=O) groups is 1. The molecule has 0 spiro atoms. The molecule has 2 heterocycles. The molecule has 166 valence electrons. The molecule has 0 aliphatic carbocycles. The van der Waals surface area contributed by atoms with Crippen molar-refractivity contribution in [2.75, 3.05) is 19.5 Å². The molecule has 2 aromatic heterocycles. The van der Waals surface area contributed by atoms with Gasteiger partial charge in [0.1, 0.15) is 28.9 Å². The molecule has 0 bridgehead atoms. The van der Waals surface area contributed by atoms with Gasteiger partial charge in [0.2, 0.25) is 0 Å². The standard InChI is InChI=1S/C20H18BrF2N7O2/c1-29(10-12-6-13(8-24)30(2)28-12)20(31)14-4-3-11(23)5-15(14)16(7-22)32-19-18(25)26-9-17(21)27-19/h3-6,9,16H,7,10H2,1-2H3,(H2,25,26). The summed E-state index contributed by atoms with van der Waals surface area (Å²) in [5.41, 5.74) is 6.58. The van der Waals surface area contributed by atoms with Crippen molar-refractivity contribution in [2.45, 2.75) is 12.6 Å². The predicted molar refractivity (Wildman–Crippen MR) is 114 cm³/mol. The van der Waals surface area contributed by atoms with E-state index in [9.17, 15) is 13.6 Å². The number of anilines is 1. The summed E-state index contributed by atoms with van der Waals surface area (Å²) in [4.78, 5) is 22.3. The van der Waals surface area contributed by atoms with Crippen molar-refractivity contribution in [3.8, 4) is 11.9 Å². The number of nitrogens with zero attached hydrogens (tertiary/aromatic N) is 6. The average Bonchev–Trinajstić information content (AvgIpc) is 3.12. The van der Waals surface area contributed by atoms with Crippen LogP contribution >= 0.6 is 15.9 Å². The first-order chi connectivity index (χ1) is 15.2. The van der Waals surface area contributed by atoms with Gasteiger partial charge in [0.25, 0.3) is 11.8 Å². The van der Waals surface area contributed by atoms with Crippen LogP contribution in [0.2, 0.25) is 0 Å². The Labute approximate surface area is 190 Å². The normalized spacial score (nSPS) is 11.6. The van der Waals surface area contributed by atoms with Crippen molar-refractivity contribution < 1.29 is 18.3 Å². The van der Waals surface area contributed by atoms with Gasteiger partial charge in [-0.1, -0.05) is 0 Å². The van der Waals surface area contributed by atoms with E-state index in [-0.39, 0.29) is 29.4 Å². The Bertz CT molecular complexity index is 1200. The average molecular weight is 506 g/mol. The van der Waals surface area contributed by atoms with Gasteiger partial charge in [-0.15, -0.1) is 0 Å². The smallest absolute Gasteiger partial charge is 0.259 e. The van der Waals surface area contributed by atoms with Crippen LogP contribution in [0.5, 0.6) is 5.88 Å². The Balaban J connectivity index is 1.90. The van der Waals surface area contributed by atoms with Crippen LogP contribution in [0, 0.1) is 17.1 Å². The molecule has 0 fully saturated rings. The summed E-state index contributed by atoms with van der Waals surface area (Å²) in [5, 5.41) is 13.2. The molecule has 1 amide bonds. The SMILES string of the molecule is CN(Cc1cc(C#N)n(C)n1)C(=O)c1ccc(F)cc1C(CF)Oc1nc(Br)cnc1N. The van der Waals surface area contributed by atoms with Crippen LogP contribution in [-0.4, -0.2) is 44.3 Å². The molecule has 0 aliphatic rings. The predicted octanol–water partition coefficient (Wildman–Crippen LogP) is 2.93. The van der Waals surface area contributed by atoms with Crippen molar-refractivity contribution in [1.82, 2.24) is 24.6 Å². The maximum atomic E-state index is 14.0. The van der Waals surface area contributed by atoms with Crippen LogP contribution in [0.1, 0.15) is 33.4 Å². The van der Waals surface area contributed by atoms with Crippen molar-refractivity contribution in [3.63, 3.8) is 0 Å². The van der Waals surface area contributed by atoms with E-state index >= 15 is 0 Å². The molecule has 3 rings (SSSR count). The van der Waals surface area contributed by atoms with Gasteiger partial charge in [-0.25, -0.2) is 18.7 Å². The van der Waals surface area contributed by atoms with E-state index in [1.54, 1.807) is 13.1 Å². The number of rotatable bonds is 7. The fourth-order valence-corrected chi connectivity index (χ4v) is 3.25. The number of aryl methyl sites for hydroxylation is 1. The van der Waals surface area contributed by atoms with E-state index in [1.807, 2.05) is 6.07 Å². The van der Waals surface area contributed by atoms with Gasteiger partial charge in [0.15, 0.2) is 11.9 Å². The van der Waals surface area contributed by atoms with Crippen molar-refractivity contribution in [2.24, 2.45) is 7.05 Å². The number of nitrogens with two attached hydrogens (primary N) is 1. The molecule has 1 aromatic carbocycles. The lowest BCUT2D eigenvalue weighted by Gasteiger charge is -2.22. The van der Waals surface area contributed by atoms with E-state index in [0.29, 0.717) is 16.0 Å². The lowest BCUT2D eigenvalue weighted by molar-refractivity contribution is 0.0775. The molecular weight excluding hydrogens is 488 g/mol. The summed E-state index contributed by atoms with van der Waals surface area (Å²) in [5.74, 6) is -1.43. The lowest BCUT2D eigenvalue weighted by atomic mass is 10.0. The number of hydrogen-bond donors (Lipinski definition) is 1. The van der Waals surface area contributed by atoms with Gasteiger partial charge in [0, 0.05) is 25.2 Å². The second-order valence-corrected chi connectivity index (χ2v) is 7.61. The largest absolute Gasteiger partial charge is 0.464 e. The number of carbonyl (C=O) groups excluding carboxylic acids is 1. The Kier molecular flexibility index (Phi) is 6.99. The first-order valence-corrected chi connectivity index (χ1v) is 10.0. The van der Waals surface area contributed by atoms with Gasteiger partial charge in [-0.3, -0.25) is 9.48 Å². The third-order valence-electron chi connectivity index (χ3n) is 4.51. The van der Waals surface area contributed by atoms with E-state index in [1.165, 1.54) is 28.9 Å². The third kappa shape index (κ3) is 5.00. The lowest BCUT2D eigenvalue weighted by Crippen LogP contribution is -2.28. The zero-order valence-electron chi connectivity index (χ0n) is 17.1. The molecule has 3 aromatic rings. The molecule has 12 heteroatoms. The number of nitrogen functional groups attached to an aromatic ring is 1. The number of alkyl halides is 1. The Morgan fingerprint density at radius 3 is 2.84 bits per heavy atom. The maximum Gasteiger partial charge on any atom is 0.259 e. The quantitative estimate of drug-likeness (QED) is 0.523. The van der Waals surface area contributed by atoms with Crippen LogP contribution in [0.25, 0.3) is 0 Å². The van der Waals surface area contributed by atoms with Crippen molar-refractivity contribution in [1.29, 1.82) is 5.26 Å². The molecule has 1 unspecified atom stereocenters. The first-order valence-electron chi connectivity index (χ1n) is 9.22. The van der Waals surface area contributed by atoms with E-state index in [2.05, 4.69) is 31.0 Å². The van der Waals surface area contributed by atoms with Crippen molar-refractivity contribution in [3.05, 3.63) is 63.4 Å². The summed E-state index contributed by atoms with van der Waals surface area (Å²) in [6.45, 7) is -0.997. The van der Waals surface area contributed by atoms with Crippen LogP contribution in [0.3, 0.4) is 0 Å². The minimum absolute atomic E-state index is 0.00994.